The van der Waals surface area contributed by atoms with Gasteiger partial charge < -0.3 is 15.4 Å². The summed E-state index contributed by atoms with van der Waals surface area (Å²) >= 11 is 0. The highest BCUT2D eigenvalue weighted by atomic mass is 16.5. The molecule has 308 valence electrons. The highest BCUT2D eigenvalue weighted by Crippen LogP contribution is 2.17. The molecule has 0 unspecified atom stereocenters. The molecular weight excluding hydrogens is 621 g/mol. The van der Waals surface area contributed by atoms with Crippen LogP contribution in [0.4, 0.5) is 0 Å². The van der Waals surface area contributed by atoms with Crippen molar-refractivity contribution in [2.45, 2.75) is 270 Å². The van der Waals surface area contributed by atoms with Crippen molar-refractivity contribution in [3.63, 3.8) is 0 Å². The summed E-state index contributed by atoms with van der Waals surface area (Å²) in [5.74, 6) is 0. The first kappa shape index (κ1) is 50.9. The van der Waals surface area contributed by atoms with Crippen LogP contribution in [0.5, 0.6) is 0 Å². The van der Waals surface area contributed by atoms with Gasteiger partial charge in [-0.05, 0) is 39.4 Å². The lowest BCUT2D eigenvalue weighted by Crippen LogP contribution is -2.24. The maximum Gasteiger partial charge on any atom is 0.0593 e. The van der Waals surface area contributed by atoms with E-state index in [0.717, 1.165) is 32.7 Å². The lowest BCUT2D eigenvalue weighted by atomic mass is 10.0. The van der Waals surface area contributed by atoms with Gasteiger partial charge in [0, 0.05) is 13.2 Å². The monoisotopic (exact) mass is 721 g/mol. The summed E-state index contributed by atoms with van der Waals surface area (Å²) < 4.78 is 5.84. The quantitative estimate of drug-likeness (QED) is 0.0636. The standard InChI is InChI=1S/C48H100N2O/c1-3-4-5-6-7-8-9-10-11-12-13-14-15-16-17-18-19-20-21-22-23-24-25-26-27-28-29-30-31-32-33-34-35-36-37-38-39-43-47-51-48-46-50(2)45-42-40-41-44-49/h3-49H2,1-2H3. The average Bonchev–Trinajstić information content (AvgIpc) is 3.14. The molecule has 0 aromatic rings. The van der Waals surface area contributed by atoms with Crippen molar-refractivity contribution in [2.75, 3.05) is 39.9 Å². The fourth-order valence-electron chi connectivity index (χ4n) is 7.78. The first-order valence-corrected chi connectivity index (χ1v) is 24.3. The SMILES string of the molecule is CCCCCCCCCCCCCCCCCCCCCCCCCCCCCCCCCCCCCCCCOCCN(C)CCCCCN. The van der Waals surface area contributed by atoms with Gasteiger partial charge >= 0.3 is 0 Å². The molecule has 0 amide bonds. The van der Waals surface area contributed by atoms with Crippen molar-refractivity contribution in [3.8, 4) is 0 Å². The molecule has 0 rings (SSSR count). The zero-order valence-corrected chi connectivity index (χ0v) is 36.0. The molecule has 0 bridgehead atoms. The Hall–Kier alpha value is -0.120. The number of likely N-dealkylation sites (N-methyl/N-ethyl adjacent to an activating group) is 1. The summed E-state index contributed by atoms with van der Waals surface area (Å²) in [6, 6.07) is 0. The molecule has 0 fully saturated rings. The lowest BCUT2D eigenvalue weighted by molar-refractivity contribution is 0.107. The van der Waals surface area contributed by atoms with Crippen LogP contribution in [0.2, 0.25) is 0 Å². The molecule has 2 N–H and O–H groups in total. The second-order valence-corrected chi connectivity index (χ2v) is 16.8. The van der Waals surface area contributed by atoms with Crippen LogP contribution in [0.1, 0.15) is 270 Å². The van der Waals surface area contributed by atoms with E-state index in [4.69, 9.17) is 10.5 Å². The third kappa shape index (κ3) is 47.9. The van der Waals surface area contributed by atoms with Gasteiger partial charge in [-0.15, -0.1) is 0 Å². The minimum absolute atomic E-state index is 0.826. The zero-order valence-electron chi connectivity index (χ0n) is 36.0. The number of hydrogen-bond donors (Lipinski definition) is 1. The maximum absolute atomic E-state index is 5.84. The van der Waals surface area contributed by atoms with Crippen molar-refractivity contribution in [1.29, 1.82) is 0 Å². The van der Waals surface area contributed by atoms with Gasteiger partial charge in [-0.1, -0.05) is 251 Å². The van der Waals surface area contributed by atoms with E-state index >= 15 is 0 Å². The molecule has 0 spiro atoms. The number of rotatable bonds is 47. The Bertz CT molecular complexity index is 584. The van der Waals surface area contributed by atoms with Crippen molar-refractivity contribution in [2.24, 2.45) is 5.73 Å². The Morgan fingerprint density at radius 2 is 0.549 bits per heavy atom. The van der Waals surface area contributed by atoms with E-state index in [1.54, 1.807) is 0 Å². The summed E-state index contributed by atoms with van der Waals surface area (Å²) in [7, 11) is 2.21. The molecule has 0 radical (unpaired) electrons. The van der Waals surface area contributed by atoms with Crippen LogP contribution >= 0.6 is 0 Å². The first-order chi connectivity index (χ1) is 25.3. The van der Waals surface area contributed by atoms with Crippen molar-refractivity contribution < 1.29 is 4.74 Å². The number of unbranched alkanes of at least 4 members (excludes halogenated alkanes) is 39. The second kappa shape index (κ2) is 47.9. The molecule has 0 saturated carbocycles. The van der Waals surface area contributed by atoms with Gasteiger partial charge in [-0.25, -0.2) is 0 Å². The van der Waals surface area contributed by atoms with E-state index in [1.807, 2.05) is 0 Å². The predicted octanol–water partition coefficient (Wildman–Crippen LogP) is 15.9. The zero-order chi connectivity index (χ0) is 36.8. The van der Waals surface area contributed by atoms with E-state index in [2.05, 4.69) is 18.9 Å². The highest BCUT2D eigenvalue weighted by molar-refractivity contribution is 4.55. The Labute approximate surface area is 324 Å². The van der Waals surface area contributed by atoms with E-state index in [1.165, 1.54) is 263 Å². The normalized spacial score (nSPS) is 11.8. The Morgan fingerprint density at radius 3 is 0.824 bits per heavy atom. The minimum Gasteiger partial charge on any atom is -0.380 e. The molecule has 0 aliphatic heterocycles. The molecule has 0 atom stereocenters. The molecule has 0 aromatic heterocycles. The molecule has 3 heteroatoms. The average molecular weight is 721 g/mol. The fourth-order valence-corrected chi connectivity index (χ4v) is 7.78. The van der Waals surface area contributed by atoms with E-state index < -0.39 is 0 Å². The molecule has 0 aromatic carbocycles. The van der Waals surface area contributed by atoms with Crippen LogP contribution in [-0.2, 0) is 4.74 Å². The van der Waals surface area contributed by atoms with Crippen LogP contribution in [0.3, 0.4) is 0 Å². The third-order valence-electron chi connectivity index (χ3n) is 11.5. The van der Waals surface area contributed by atoms with Gasteiger partial charge in [0.15, 0.2) is 0 Å². The largest absolute Gasteiger partial charge is 0.380 e. The van der Waals surface area contributed by atoms with Crippen LogP contribution < -0.4 is 5.73 Å². The summed E-state index contributed by atoms with van der Waals surface area (Å²) in [5.41, 5.74) is 5.56. The minimum atomic E-state index is 0.826. The summed E-state index contributed by atoms with van der Waals surface area (Å²) in [6.45, 7) is 7.19. The fraction of sp³-hybridized carbons (Fsp3) is 1.00. The lowest BCUT2D eigenvalue weighted by Gasteiger charge is -2.16. The van der Waals surface area contributed by atoms with Gasteiger partial charge in [0.1, 0.15) is 0 Å². The van der Waals surface area contributed by atoms with Crippen LogP contribution in [0.25, 0.3) is 0 Å². The first-order valence-electron chi connectivity index (χ1n) is 24.3. The van der Waals surface area contributed by atoms with Gasteiger partial charge in [-0.2, -0.15) is 0 Å². The van der Waals surface area contributed by atoms with Gasteiger partial charge in [0.25, 0.3) is 0 Å². The van der Waals surface area contributed by atoms with E-state index in [9.17, 15) is 0 Å². The third-order valence-corrected chi connectivity index (χ3v) is 11.5. The number of hydrogen-bond acceptors (Lipinski definition) is 3. The number of nitrogens with zero attached hydrogens (tertiary/aromatic N) is 1. The van der Waals surface area contributed by atoms with E-state index in [-0.39, 0.29) is 0 Å². The van der Waals surface area contributed by atoms with Crippen molar-refractivity contribution in [3.05, 3.63) is 0 Å². The van der Waals surface area contributed by atoms with Crippen LogP contribution in [0.15, 0.2) is 0 Å². The van der Waals surface area contributed by atoms with E-state index in [0.29, 0.717) is 0 Å². The molecule has 51 heavy (non-hydrogen) atoms. The van der Waals surface area contributed by atoms with Crippen molar-refractivity contribution in [1.82, 2.24) is 4.90 Å². The smallest absolute Gasteiger partial charge is 0.0593 e. The molecule has 0 aliphatic rings. The molecule has 3 nitrogen and oxygen atoms in total. The molecular formula is C48H100N2O. The van der Waals surface area contributed by atoms with Crippen molar-refractivity contribution >= 4 is 0 Å². The topological polar surface area (TPSA) is 38.5 Å². The molecule has 0 saturated heterocycles. The van der Waals surface area contributed by atoms with Crippen LogP contribution in [0, 0.1) is 0 Å². The summed E-state index contributed by atoms with van der Waals surface area (Å²) in [6.07, 6.45) is 59.3. The van der Waals surface area contributed by atoms with Gasteiger partial charge in [-0.3, -0.25) is 0 Å². The highest BCUT2D eigenvalue weighted by Gasteiger charge is 2.00. The molecule has 0 heterocycles. The molecule has 0 aliphatic carbocycles. The second-order valence-electron chi connectivity index (χ2n) is 16.8. The maximum atomic E-state index is 5.84. The Balaban J connectivity index is 3.07. The summed E-state index contributed by atoms with van der Waals surface area (Å²) in [4.78, 5) is 2.39. The summed E-state index contributed by atoms with van der Waals surface area (Å²) in [5, 5.41) is 0. The van der Waals surface area contributed by atoms with Crippen LogP contribution in [-0.4, -0.2) is 44.8 Å². The predicted molar refractivity (Wildman–Crippen MR) is 232 cm³/mol. The Morgan fingerprint density at radius 1 is 0.294 bits per heavy atom. The number of nitrogens with two attached hydrogens (primary N) is 1. The van der Waals surface area contributed by atoms with Gasteiger partial charge in [0.05, 0.1) is 6.61 Å². The number of ether oxygens (including phenoxy) is 1. The van der Waals surface area contributed by atoms with Gasteiger partial charge in [0.2, 0.25) is 0 Å². The Kier molecular flexibility index (Phi) is 47.8.